The van der Waals surface area contributed by atoms with Gasteiger partial charge in [-0.3, -0.25) is 4.79 Å². The second-order valence-corrected chi connectivity index (χ2v) is 8.73. The molecule has 4 nitrogen and oxygen atoms in total. The van der Waals surface area contributed by atoms with Crippen molar-refractivity contribution < 1.29 is 13.2 Å². The van der Waals surface area contributed by atoms with Crippen LogP contribution < -0.4 is 0 Å². The summed E-state index contributed by atoms with van der Waals surface area (Å²) >= 11 is 7.61. The van der Waals surface area contributed by atoms with E-state index in [4.69, 9.17) is 11.6 Å². The fraction of sp³-hybridized carbons (Fsp3) is 0.500. The highest BCUT2D eigenvalue weighted by Gasteiger charge is 2.29. The van der Waals surface area contributed by atoms with E-state index in [9.17, 15) is 13.2 Å². The van der Waals surface area contributed by atoms with Crippen molar-refractivity contribution in [3.05, 3.63) is 28.8 Å². The molecule has 0 N–H and O–H groups in total. The van der Waals surface area contributed by atoms with Gasteiger partial charge >= 0.3 is 0 Å². The van der Waals surface area contributed by atoms with E-state index in [0.717, 1.165) is 4.90 Å². The van der Waals surface area contributed by atoms with Crippen molar-refractivity contribution in [2.75, 3.05) is 19.6 Å². The first-order valence-electron chi connectivity index (χ1n) is 6.39. The first-order valence-corrected chi connectivity index (χ1v) is 9.95. The quantitative estimate of drug-likeness (QED) is 0.767. The largest absolute Gasteiger partial charge is 0.338 e. The van der Waals surface area contributed by atoms with Crippen LogP contribution in [0.1, 0.15) is 24.2 Å². The second-order valence-electron chi connectivity index (χ2n) is 5.04. The molecule has 0 saturated carbocycles. The molecule has 1 rings (SSSR count). The molecule has 1 aromatic rings. The first-order chi connectivity index (χ1) is 9.59. The number of sulfone groups is 1. The predicted molar refractivity (Wildman–Crippen MR) is 89.1 cm³/mol. The van der Waals surface area contributed by atoms with Crippen LogP contribution in [-0.2, 0) is 9.84 Å². The highest BCUT2D eigenvalue weighted by atomic mass is 35.5. The number of carbonyl (C=O) groups is 1. The van der Waals surface area contributed by atoms with E-state index in [1.54, 1.807) is 33.0 Å². The first kappa shape index (κ1) is 18.3. The molecule has 21 heavy (non-hydrogen) atoms. The maximum atomic E-state index is 12.5. The predicted octanol–water partition coefficient (Wildman–Crippen LogP) is 2.96. The van der Waals surface area contributed by atoms with Gasteiger partial charge in [-0.05, 0) is 38.3 Å². The van der Waals surface area contributed by atoms with Gasteiger partial charge in [-0.2, -0.15) is 0 Å². The molecule has 0 saturated heterocycles. The molecule has 118 valence electrons. The summed E-state index contributed by atoms with van der Waals surface area (Å²) in [6, 6.07) is 4.80. The zero-order valence-electron chi connectivity index (χ0n) is 12.8. The number of halogens is 1. The van der Waals surface area contributed by atoms with Gasteiger partial charge in [0.25, 0.3) is 5.91 Å². The third-order valence-electron chi connectivity index (χ3n) is 3.69. The van der Waals surface area contributed by atoms with Gasteiger partial charge in [-0.1, -0.05) is 11.6 Å². The van der Waals surface area contributed by atoms with Crippen molar-refractivity contribution >= 4 is 39.1 Å². The molecule has 0 spiro atoms. The SMILES string of the molecule is CSc1ccc(Cl)c(C(=O)N(C)C(C)C(C)S(C)(=O)=O)c1. The van der Waals surface area contributed by atoms with Crippen LogP contribution in [0, 0.1) is 0 Å². The number of amides is 1. The molecule has 0 aromatic heterocycles. The van der Waals surface area contributed by atoms with E-state index in [1.165, 1.54) is 22.9 Å². The van der Waals surface area contributed by atoms with Crippen LogP contribution in [0.3, 0.4) is 0 Å². The van der Waals surface area contributed by atoms with Crippen molar-refractivity contribution in [1.82, 2.24) is 4.90 Å². The lowest BCUT2D eigenvalue weighted by atomic mass is 10.1. The third-order valence-corrected chi connectivity index (χ3v) is 6.49. The van der Waals surface area contributed by atoms with Crippen molar-refractivity contribution in [3.8, 4) is 0 Å². The zero-order chi connectivity index (χ0) is 16.4. The summed E-state index contributed by atoms with van der Waals surface area (Å²) in [5.41, 5.74) is 0.388. The van der Waals surface area contributed by atoms with Gasteiger partial charge in [-0.15, -0.1) is 11.8 Å². The van der Waals surface area contributed by atoms with Gasteiger partial charge in [0.05, 0.1) is 15.8 Å². The Labute approximate surface area is 135 Å². The van der Waals surface area contributed by atoms with Crippen molar-refractivity contribution in [2.24, 2.45) is 0 Å². The molecule has 7 heteroatoms. The number of hydrogen-bond donors (Lipinski definition) is 0. The van der Waals surface area contributed by atoms with Crippen molar-refractivity contribution in [2.45, 2.75) is 30.0 Å². The summed E-state index contributed by atoms with van der Waals surface area (Å²) in [5.74, 6) is -0.279. The minimum atomic E-state index is -3.22. The summed E-state index contributed by atoms with van der Waals surface area (Å²) < 4.78 is 23.3. The molecule has 0 aliphatic carbocycles. The number of rotatable bonds is 5. The van der Waals surface area contributed by atoms with Crippen LogP contribution in [0.5, 0.6) is 0 Å². The van der Waals surface area contributed by atoms with Crippen LogP contribution in [-0.4, -0.2) is 50.1 Å². The Hall–Kier alpha value is -0.720. The van der Waals surface area contributed by atoms with Crippen LogP contribution in [0.2, 0.25) is 5.02 Å². The van der Waals surface area contributed by atoms with E-state index in [1.807, 2.05) is 12.3 Å². The summed E-state index contributed by atoms with van der Waals surface area (Å²) in [4.78, 5) is 14.9. The number of nitrogens with zero attached hydrogens (tertiary/aromatic N) is 1. The van der Waals surface area contributed by atoms with Crippen LogP contribution >= 0.6 is 23.4 Å². The lowest BCUT2D eigenvalue weighted by Gasteiger charge is -2.29. The molecule has 0 bridgehead atoms. The Balaban J connectivity index is 3.08. The number of carbonyl (C=O) groups excluding carboxylic acids is 1. The normalized spacial score (nSPS) is 14.6. The van der Waals surface area contributed by atoms with Gasteiger partial charge in [0.2, 0.25) is 0 Å². The van der Waals surface area contributed by atoms with Gasteiger partial charge < -0.3 is 4.90 Å². The van der Waals surface area contributed by atoms with Gasteiger partial charge in [0.15, 0.2) is 9.84 Å². The molecule has 2 atom stereocenters. The molecule has 2 unspecified atom stereocenters. The van der Waals surface area contributed by atoms with E-state index in [0.29, 0.717) is 10.6 Å². The monoisotopic (exact) mass is 349 g/mol. The Kier molecular flexibility index (Phi) is 6.13. The van der Waals surface area contributed by atoms with Crippen LogP contribution in [0.4, 0.5) is 0 Å². The lowest BCUT2D eigenvalue weighted by molar-refractivity contribution is 0.0742. The van der Waals surface area contributed by atoms with E-state index >= 15 is 0 Å². The molecular formula is C14H20ClNO3S2. The molecule has 0 radical (unpaired) electrons. The number of hydrogen-bond acceptors (Lipinski definition) is 4. The molecule has 0 heterocycles. The lowest BCUT2D eigenvalue weighted by Crippen LogP contribution is -2.44. The topological polar surface area (TPSA) is 54.5 Å². The molecule has 0 aliphatic heterocycles. The summed E-state index contributed by atoms with van der Waals surface area (Å²) in [5, 5.41) is -0.280. The molecule has 1 amide bonds. The fourth-order valence-corrected chi connectivity index (χ4v) is 3.38. The van der Waals surface area contributed by atoms with E-state index in [2.05, 4.69) is 0 Å². The average molecular weight is 350 g/mol. The Morgan fingerprint density at radius 1 is 1.33 bits per heavy atom. The van der Waals surface area contributed by atoms with E-state index < -0.39 is 21.1 Å². The zero-order valence-corrected chi connectivity index (χ0v) is 15.1. The maximum Gasteiger partial charge on any atom is 0.255 e. The molecule has 0 fully saturated rings. The smallest absolute Gasteiger partial charge is 0.255 e. The molecule has 0 aliphatic rings. The average Bonchev–Trinajstić information content (AvgIpc) is 2.43. The Morgan fingerprint density at radius 3 is 2.38 bits per heavy atom. The van der Waals surface area contributed by atoms with Gasteiger partial charge in [0, 0.05) is 24.2 Å². The Bertz CT molecular complexity index is 631. The maximum absolute atomic E-state index is 12.5. The third kappa shape index (κ3) is 4.37. The van der Waals surface area contributed by atoms with Gasteiger partial charge in [0.1, 0.15) is 0 Å². The minimum absolute atomic E-state index is 0.279. The summed E-state index contributed by atoms with van der Waals surface area (Å²) in [6.07, 6.45) is 3.09. The number of benzene rings is 1. The van der Waals surface area contributed by atoms with Crippen molar-refractivity contribution in [3.63, 3.8) is 0 Å². The standard InChI is InChI=1S/C14H20ClNO3S2/c1-9(10(2)21(5,18)19)16(3)14(17)12-8-11(20-4)6-7-13(12)15/h6-10H,1-5H3. The highest BCUT2D eigenvalue weighted by Crippen LogP contribution is 2.25. The summed E-state index contributed by atoms with van der Waals surface area (Å²) in [6.45, 7) is 3.32. The number of thioether (sulfide) groups is 1. The second kappa shape index (κ2) is 7.03. The fourth-order valence-electron chi connectivity index (χ4n) is 1.84. The van der Waals surface area contributed by atoms with Gasteiger partial charge in [-0.25, -0.2) is 8.42 Å². The highest BCUT2D eigenvalue weighted by molar-refractivity contribution is 7.98. The van der Waals surface area contributed by atoms with Crippen LogP contribution in [0.25, 0.3) is 0 Å². The molecule has 1 aromatic carbocycles. The minimum Gasteiger partial charge on any atom is -0.338 e. The molecular weight excluding hydrogens is 330 g/mol. The Morgan fingerprint density at radius 2 is 1.90 bits per heavy atom. The summed E-state index contributed by atoms with van der Waals surface area (Å²) in [7, 11) is -1.62. The van der Waals surface area contributed by atoms with E-state index in [-0.39, 0.29) is 5.91 Å². The van der Waals surface area contributed by atoms with Crippen molar-refractivity contribution in [1.29, 1.82) is 0 Å². The van der Waals surface area contributed by atoms with Crippen LogP contribution in [0.15, 0.2) is 23.1 Å².